The second-order valence-corrected chi connectivity index (χ2v) is 7.23. The van der Waals surface area contributed by atoms with Gasteiger partial charge in [-0.05, 0) is 24.1 Å². The minimum absolute atomic E-state index is 0.103. The van der Waals surface area contributed by atoms with Crippen molar-refractivity contribution in [3.05, 3.63) is 53.6 Å². The van der Waals surface area contributed by atoms with Crippen LogP contribution in [0.3, 0.4) is 0 Å². The van der Waals surface area contributed by atoms with Crippen molar-refractivity contribution in [1.29, 1.82) is 0 Å². The molecular formula is C21H27N5O3. The van der Waals surface area contributed by atoms with Crippen LogP contribution in [0.5, 0.6) is 5.75 Å². The zero-order chi connectivity index (χ0) is 20.8. The Balaban J connectivity index is 1.67. The van der Waals surface area contributed by atoms with Crippen molar-refractivity contribution in [3.63, 3.8) is 0 Å². The molecule has 2 amide bonds. The third kappa shape index (κ3) is 5.29. The van der Waals surface area contributed by atoms with Crippen LogP contribution in [-0.2, 0) is 22.7 Å². The summed E-state index contributed by atoms with van der Waals surface area (Å²) >= 11 is 0. The molecular weight excluding hydrogens is 370 g/mol. The van der Waals surface area contributed by atoms with Crippen molar-refractivity contribution in [2.45, 2.75) is 32.5 Å². The average molecular weight is 397 g/mol. The molecule has 1 saturated heterocycles. The lowest BCUT2D eigenvalue weighted by molar-refractivity contribution is -0.138. The van der Waals surface area contributed by atoms with Crippen LogP contribution in [0.25, 0.3) is 0 Å². The summed E-state index contributed by atoms with van der Waals surface area (Å²) in [5.41, 5.74) is 2.84. The van der Waals surface area contributed by atoms with Gasteiger partial charge in [-0.15, -0.1) is 0 Å². The molecule has 8 nitrogen and oxygen atoms in total. The Morgan fingerprint density at radius 3 is 2.90 bits per heavy atom. The van der Waals surface area contributed by atoms with E-state index in [1.165, 1.54) is 0 Å². The number of aromatic nitrogens is 2. The van der Waals surface area contributed by atoms with Gasteiger partial charge in [-0.2, -0.15) is 0 Å². The SMILES string of the molecule is COc1ccc(CN2CCNC(=O)C2CC(=O)N(C)Cc2cnccn2)cc1C. The molecule has 154 valence electrons. The van der Waals surface area contributed by atoms with Crippen LogP contribution in [0.1, 0.15) is 23.2 Å². The summed E-state index contributed by atoms with van der Waals surface area (Å²) in [5.74, 6) is 0.624. The van der Waals surface area contributed by atoms with Crippen molar-refractivity contribution in [3.8, 4) is 5.75 Å². The molecule has 1 aromatic carbocycles. The molecule has 1 aliphatic rings. The van der Waals surface area contributed by atoms with Crippen molar-refractivity contribution < 1.29 is 14.3 Å². The van der Waals surface area contributed by atoms with E-state index in [9.17, 15) is 9.59 Å². The number of benzene rings is 1. The number of ether oxygens (including phenoxy) is 1. The highest BCUT2D eigenvalue weighted by molar-refractivity contribution is 5.88. The summed E-state index contributed by atoms with van der Waals surface area (Å²) in [7, 11) is 3.37. The molecule has 1 atom stereocenters. The van der Waals surface area contributed by atoms with Crippen molar-refractivity contribution in [1.82, 2.24) is 25.1 Å². The summed E-state index contributed by atoms with van der Waals surface area (Å²) in [6, 6.07) is 5.49. The molecule has 2 aromatic rings. The van der Waals surface area contributed by atoms with E-state index in [0.29, 0.717) is 31.9 Å². The van der Waals surface area contributed by atoms with E-state index in [4.69, 9.17) is 4.74 Å². The highest BCUT2D eigenvalue weighted by Crippen LogP contribution is 2.21. The third-order valence-electron chi connectivity index (χ3n) is 5.10. The first-order valence-corrected chi connectivity index (χ1v) is 9.62. The molecule has 1 N–H and O–H groups in total. The summed E-state index contributed by atoms with van der Waals surface area (Å²) in [5, 5.41) is 2.88. The van der Waals surface area contributed by atoms with Gasteiger partial charge in [-0.25, -0.2) is 0 Å². The number of amides is 2. The number of nitrogens with one attached hydrogen (secondary N) is 1. The summed E-state index contributed by atoms with van der Waals surface area (Å²) in [6.07, 6.45) is 4.95. The van der Waals surface area contributed by atoms with Gasteiger partial charge < -0.3 is 15.0 Å². The minimum atomic E-state index is -0.497. The van der Waals surface area contributed by atoms with Gasteiger partial charge in [-0.1, -0.05) is 12.1 Å². The summed E-state index contributed by atoms with van der Waals surface area (Å²) in [6.45, 7) is 4.23. The summed E-state index contributed by atoms with van der Waals surface area (Å²) < 4.78 is 5.32. The van der Waals surface area contributed by atoms with Gasteiger partial charge in [0, 0.05) is 39.1 Å². The highest BCUT2D eigenvalue weighted by atomic mass is 16.5. The maximum atomic E-state index is 12.8. The standard InChI is InChI=1S/C21H27N5O3/c1-15-10-16(4-5-19(15)29-3)13-26-9-8-24-21(28)18(26)11-20(27)25(2)14-17-12-22-6-7-23-17/h4-7,10,12,18H,8-9,11,13-14H2,1-3H3,(H,24,28). The zero-order valence-electron chi connectivity index (χ0n) is 17.1. The zero-order valence-corrected chi connectivity index (χ0v) is 17.1. The fourth-order valence-electron chi connectivity index (χ4n) is 3.51. The van der Waals surface area contributed by atoms with Crippen molar-refractivity contribution in [2.24, 2.45) is 0 Å². The van der Waals surface area contributed by atoms with Crippen LogP contribution in [-0.4, -0.2) is 64.9 Å². The summed E-state index contributed by atoms with van der Waals surface area (Å²) in [4.78, 5) is 37.1. The Labute approximate surface area is 170 Å². The van der Waals surface area contributed by atoms with E-state index in [-0.39, 0.29) is 18.2 Å². The number of methoxy groups -OCH3 is 1. The Kier molecular flexibility index (Phi) is 6.77. The predicted molar refractivity (Wildman–Crippen MR) is 108 cm³/mol. The first-order chi connectivity index (χ1) is 14.0. The maximum Gasteiger partial charge on any atom is 0.237 e. The minimum Gasteiger partial charge on any atom is -0.496 e. The molecule has 0 spiro atoms. The molecule has 0 saturated carbocycles. The maximum absolute atomic E-state index is 12.8. The number of piperazine rings is 1. The van der Waals surface area contributed by atoms with Crippen LogP contribution in [0.2, 0.25) is 0 Å². The van der Waals surface area contributed by atoms with Crippen LogP contribution < -0.4 is 10.1 Å². The predicted octanol–water partition coefficient (Wildman–Crippen LogP) is 1.14. The molecule has 3 rings (SSSR count). The second-order valence-electron chi connectivity index (χ2n) is 7.23. The number of hydrogen-bond donors (Lipinski definition) is 1. The first kappa shape index (κ1) is 20.7. The van der Waals surface area contributed by atoms with Crippen molar-refractivity contribution >= 4 is 11.8 Å². The van der Waals surface area contributed by atoms with Gasteiger partial charge in [0.05, 0.1) is 38.0 Å². The quantitative estimate of drug-likeness (QED) is 0.754. The lowest BCUT2D eigenvalue weighted by Crippen LogP contribution is -2.56. The fourth-order valence-corrected chi connectivity index (χ4v) is 3.51. The molecule has 29 heavy (non-hydrogen) atoms. The largest absolute Gasteiger partial charge is 0.496 e. The fraction of sp³-hybridized carbons (Fsp3) is 0.429. The second kappa shape index (κ2) is 9.47. The van der Waals surface area contributed by atoms with Gasteiger partial charge in [0.1, 0.15) is 5.75 Å². The van der Waals surface area contributed by atoms with Gasteiger partial charge in [-0.3, -0.25) is 24.5 Å². The number of rotatable bonds is 7. The average Bonchev–Trinajstić information content (AvgIpc) is 2.71. The molecule has 1 aromatic heterocycles. The van der Waals surface area contributed by atoms with Crippen LogP contribution in [0, 0.1) is 6.92 Å². The van der Waals surface area contributed by atoms with E-state index in [1.807, 2.05) is 19.1 Å². The molecule has 1 unspecified atom stereocenters. The number of hydrogen-bond acceptors (Lipinski definition) is 6. The molecule has 2 heterocycles. The van der Waals surface area contributed by atoms with Gasteiger partial charge >= 0.3 is 0 Å². The first-order valence-electron chi connectivity index (χ1n) is 9.62. The highest BCUT2D eigenvalue weighted by Gasteiger charge is 2.32. The molecule has 0 aliphatic carbocycles. The van der Waals surface area contributed by atoms with Gasteiger partial charge in [0.15, 0.2) is 0 Å². The topological polar surface area (TPSA) is 87.7 Å². The lowest BCUT2D eigenvalue weighted by Gasteiger charge is -2.35. The number of carbonyl (C=O) groups excluding carboxylic acids is 2. The molecule has 1 fully saturated rings. The van der Waals surface area contributed by atoms with E-state index in [1.54, 1.807) is 37.6 Å². The Morgan fingerprint density at radius 2 is 2.21 bits per heavy atom. The van der Waals surface area contributed by atoms with E-state index >= 15 is 0 Å². The Hall–Kier alpha value is -3.00. The molecule has 8 heteroatoms. The normalized spacial score (nSPS) is 16.9. The monoisotopic (exact) mass is 397 g/mol. The van der Waals surface area contributed by atoms with Crippen LogP contribution >= 0.6 is 0 Å². The Bertz CT molecular complexity index is 859. The molecule has 1 aliphatic heterocycles. The number of carbonyl (C=O) groups is 2. The molecule has 0 radical (unpaired) electrons. The van der Waals surface area contributed by atoms with E-state index in [2.05, 4.69) is 26.3 Å². The van der Waals surface area contributed by atoms with Gasteiger partial charge in [0.25, 0.3) is 0 Å². The number of nitrogens with zero attached hydrogens (tertiary/aromatic N) is 4. The molecule has 0 bridgehead atoms. The Morgan fingerprint density at radius 1 is 1.38 bits per heavy atom. The van der Waals surface area contributed by atoms with Crippen molar-refractivity contribution in [2.75, 3.05) is 27.2 Å². The van der Waals surface area contributed by atoms with Crippen LogP contribution in [0.15, 0.2) is 36.8 Å². The third-order valence-corrected chi connectivity index (χ3v) is 5.10. The smallest absolute Gasteiger partial charge is 0.237 e. The van der Waals surface area contributed by atoms with Gasteiger partial charge in [0.2, 0.25) is 11.8 Å². The van der Waals surface area contributed by atoms with E-state index in [0.717, 1.165) is 16.9 Å². The van der Waals surface area contributed by atoms with Crippen LogP contribution in [0.4, 0.5) is 0 Å². The number of aryl methyl sites for hydroxylation is 1. The lowest BCUT2D eigenvalue weighted by atomic mass is 10.0. The van der Waals surface area contributed by atoms with E-state index < -0.39 is 6.04 Å².